The van der Waals surface area contributed by atoms with Crippen molar-refractivity contribution >= 4 is 5.91 Å². The lowest BCUT2D eigenvalue weighted by Gasteiger charge is -2.27. The molecule has 0 aromatic heterocycles. The second kappa shape index (κ2) is 6.00. The van der Waals surface area contributed by atoms with E-state index >= 15 is 0 Å². The molecule has 5 nitrogen and oxygen atoms in total. The number of hydrogen-bond donors (Lipinski definition) is 0. The molecule has 3 atom stereocenters. The monoisotopic (exact) mass is 282 g/mol. The van der Waals surface area contributed by atoms with Gasteiger partial charge in [-0.2, -0.15) is 0 Å². The van der Waals surface area contributed by atoms with Crippen molar-refractivity contribution in [3.8, 4) is 0 Å². The van der Waals surface area contributed by atoms with Crippen LogP contribution >= 0.6 is 0 Å². The highest BCUT2D eigenvalue weighted by molar-refractivity contribution is 5.75. The number of nitrogens with zero attached hydrogens (tertiary/aromatic N) is 2. The van der Waals surface area contributed by atoms with E-state index in [1.807, 2.05) is 0 Å². The van der Waals surface area contributed by atoms with E-state index in [0.717, 1.165) is 38.9 Å². The Bertz CT molecular complexity index is 341. The number of carbonyl (C=O) groups is 1. The molecule has 0 aromatic carbocycles. The Kier molecular flexibility index (Phi) is 4.29. The smallest absolute Gasteiger partial charge is 0.248 e. The third-order valence-electron chi connectivity index (χ3n) is 4.76. The van der Waals surface area contributed by atoms with Gasteiger partial charge in [-0.25, -0.2) is 5.06 Å². The lowest BCUT2D eigenvalue weighted by atomic mass is 10.0. The normalized spacial score (nSPS) is 34.8. The SMILES string of the molecule is CC(C)N1C[C@@H]2C[C@@H](CC(=O)N3CCCCO3)O[C@@H]2C1. The molecule has 0 spiro atoms. The van der Waals surface area contributed by atoms with E-state index in [-0.39, 0.29) is 12.0 Å². The van der Waals surface area contributed by atoms with Gasteiger partial charge in [0.15, 0.2) is 0 Å². The topological polar surface area (TPSA) is 42.0 Å². The number of rotatable bonds is 3. The molecule has 0 unspecified atom stereocenters. The fourth-order valence-corrected chi connectivity index (χ4v) is 3.54. The van der Waals surface area contributed by atoms with Crippen LogP contribution in [0.1, 0.15) is 39.5 Å². The summed E-state index contributed by atoms with van der Waals surface area (Å²) in [7, 11) is 0. The van der Waals surface area contributed by atoms with Crippen LogP contribution in [0.15, 0.2) is 0 Å². The molecule has 3 rings (SSSR count). The van der Waals surface area contributed by atoms with Gasteiger partial charge in [-0.3, -0.25) is 14.5 Å². The summed E-state index contributed by atoms with van der Waals surface area (Å²) in [5.41, 5.74) is 0. The Morgan fingerprint density at radius 3 is 2.80 bits per heavy atom. The lowest BCUT2D eigenvalue weighted by Crippen LogP contribution is -2.38. The van der Waals surface area contributed by atoms with Crippen LogP contribution < -0.4 is 0 Å². The van der Waals surface area contributed by atoms with Crippen molar-refractivity contribution in [2.75, 3.05) is 26.2 Å². The maximum Gasteiger partial charge on any atom is 0.248 e. The highest BCUT2D eigenvalue weighted by Crippen LogP contribution is 2.35. The van der Waals surface area contributed by atoms with Crippen molar-refractivity contribution in [2.45, 2.75) is 57.8 Å². The van der Waals surface area contributed by atoms with Gasteiger partial charge in [-0.15, -0.1) is 0 Å². The summed E-state index contributed by atoms with van der Waals surface area (Å²) in [5, 5.41) is 1.54. The first-order valence-electron chi connectivity index (χ1n) is 7.96. The van der Waals surface area contributed by atoms with E-state index in [4.69, 9.17) is 9.57 Å². The van der Waals surface area contributed by atoms with Crippen LogP contribution in [0.3, 0.4) is 0 Å². The van der Waals surface area contributed by atoms with Gasteiger partial charge < -0.3 is 4.74 Å². The molecule has 5 heteroatoms. The summed E-state index contributed by atoms with van der Waals surface area (Å²) in [6.07, 6.45) is 4.03. The summed E-state index contributed by atoms with van der Waals surface area (Å²) in [6, 6.07) is 0.589. The molecule has 0 N–H and O–H groups in total. The summed E-state index contributed by atoms with van der Waals surface area (Å²) < 4.78 is 6.08. The molecule has 0 aliphatic carbocycles. The first-order chi connectivity index (χ1) is 9.63. The third-order valence-corrected chi connectivity index (χ3v) is 4.76. The molecule has 20 heavy (non-hydrogen) atoms. The van der Waals surface area contributed by atoms with Gasteiger partial charge in [0.1, 0.15) is 0 Å². The van der Waals surface area contributed by atoms with E-state index in [1.165, 1.54) is 0 Å². The second-order valence-corrected chi connectivity index (χ2v) is 6.58. The number of amides is 1. The third kappa shape index (κ3) is 3.00. The minimum atomic E-state index is 0.0930. The highest BCUT2D eigenvalue weighted by Gasteiger charge is 2.43. The van der Waals surface area contributed by atoms with Crippen molar-refractivity contribution in [1.82, 2.24) is 9.96 Å². The van der Waals surface area contributed by atoms with E-state index in [1.54, 1.807) is 5.06 Å². The van der Waals surface area contributed by atoms with Crippen molar-refractivity contribution in [2.24, 2.45) is 5.92 Å². The van der Waals surface area contributed by atoms with Gasteiger partial charge in [0.2, 0.25) is 5.91 Å². The number of fused-ring (bicyclic) bond motifs is 1. The van der Waals surface area contributed by atoms with Crippen molar-refractivity contribution in [3.05, 3.63) is 0 Å². The maximum atomic E-state index is 12.2. The van der Waals surface area contributed by atoms with E-state index in [9.17, 15) is 4.79 Å². The Hall–Kier alpha value is -0.650. The summed E-state index contributed by atoms with van der Waals surface area (Å²) in [4.78, 5) is 20.0. The van der Waals surface area contributed by atoms with Crippen molar-refractivity contribution in [1.29, 1.82) is 0 Å². The lowest BCUT2D eigenvalue weighted by molar-refractivity contribution is -0.199. The molecular weight excluding hydrogens is 256 g/mol. The fraction of sp³-hybridized carbons (Fsp3) is 0.933. The molecule has 3 saturated heterocycles. The number of hydrogen-bond acceptors (Lipinski definition) is 4. The van der Waals surface area contributed by atoms with Crippen LogP contribution in [0.5, 0.6) is 0 Å². The van der Waals surface area contributed by atoms with Gasteiger partial charge in [-0.1, -0.05) is 0 Å². The van der Waals surface area contributed by atoms with Crippen LogP contribution in [0, 0.1) is 5.92 Å². The number of ether oxygens (including phenoxy) is 1. The maximum absolute atomic E-state index is 12.2. The van der Waals surface area contributed by atoms with Gasteiger partial charge in [0.05, 0.1) is 25.2 Å². The molecule has 1 amide bonds. The van der Waals surface area contributed by atoms with Gasteiger partial charge in [0.25, 0.3) is 0 Å². The van der Waals surface area contributed by atoms with Gasteiger partial charge in [0, 0.05) is 31.6 Å². The van der Waals surface area contributed by atoms with Crippen molar-refractivity contribution < 1.29 is 14.4 Å². The summed E-state index contributed by atoms with van der Waals surface area (Å²) >= 11 is 0. The summed E-state index contributed by atoms with van der Waals surface area (Å²) in [5.74, 6) is 0.702. The van der Waals surface area contributed by atoms with Crippen molar-refractivity contribution in [3.63, 3.8) is 0 Å². The first kappa shape index (κ1) is 14.3. The highest BCUT2D eigenvalue weighted by atomic mass is 16.7. The van der Waals surface area contributed by atoms with Crippen LogP contribution in [0.4, 0.5) is 0 Å². The zero-order chi connectivity index (χ0) is 14.1. The Morgan fingerprint density at radius 1 is 1.30 bits per heavy atom. The van der Waals surface area contributed by atoms with Crippen LogP contribution in [-0.4, -0.2) is 60.4 Å². The van der Waals surface area contributed by atoms with Gasteiger partial charge >= 0.3 is 0 Å². The quantitative estimate of drug-likeness (QED) is 0.785. The molecule has 0 saturated carbocycles. The Labute approximate surface area is 121 Å². The van der Waals surface area contributed by atoms with Crippen LogP contribution in [0.25, 0.3) is 0 Å². The minimum Gasteiger partial charge on any atom is -0.373 e. The number of likely N-dealkylation sites (tertiary alicyclic amines) is 1. The second-order valence-electron chi connectivity index (χ2n) is 6.58. The predicted octanol–water partition coefficient (Wildman–Crippen LogP) is 1.43. The Morgan fingerprint density at radius 2 is 2.15 bits per heavy atom. The minimum absolute atomic E-state index is 0.0930. The molecule has 0 radical (unpaired) electrons. The first-order valence-corrected chi connectivity index (χ1v) is 7.96. The summed E-state index contributed by atoms with van der Waals surface area (Å²) in [6.45, 7) is 8.01. The standard InChI is InChI=1S/C15H26N2O3/c1-11(2)16-9-12-7-13(20-14(12)10-16)8-15(18)17-5-3-4-6-19-17/h11-14H,3-10H2,1-2H3/t12-,13-,14+/m0/s1. The number of hydroxylamine groups is 2. The molecule has 0 bridgehead atoms. The molecule has 3 aliphatic heterocycles. The van der Waals surface area contributed by atoms with E-state index in [0.29, 0.717) is 31.1 Å². The average molecular weight is 282 g/mol. The van der Waals surface area contributed by atoms with Gasteiger partial charge in [-0.05, 0) is 33.1 Å². The molecule has 3 aliphatic rings. The molecular formula is C15H26N2O3. The molecule has 3 fully saturated rings. The number of carbonyl (C=O) groups excluding carboxylic acids is 1. The molecule has 3 heterocycles. The molecule has 114 valence electrons. The van der Waals surface area contributed by atoms with Crippen LogP contribution in [-0.2, 0) is 14.4 Å². The zero-order valence-corrected chi connectivity index (χ0v) is 12.6. The fourth-order valence-electron chi connectivity index (χ4n) is 3.54. The zero-order valence-electron chi connectivity index (χ0n) is 12.6. The van der Waals surface area contributed by atoms with E-state index in [2.05, 4.69) is 18.7 Å². The average Bonchev–Trinajstić information content (AvgIpc) is 2.97. The predicted molar refractivity (Wildman–Crippen MR) is 75.0 cm³/mol. The van der Waals surface area contributed by atoms with E-state index < -0.39 is 0 Å². The largest absolute Gasteiger partial charge is 0.373 e. The Balaban J connectivity index is 1.46. The van der Waals surface area contributed by atoms with Crippen LogP contribution in [0.2, 0.25) is 0 Å². The molecule has 0 aromatic rings.